The van der Waals surface area contributed by atoms with Gasteiger partial charge in [-0.3, -0.25) is 4.52 Å². The predicted molar refractivity (Wildman–Crippen MR) is 123 cm³/mol. The lowest BCUT2D eigenvalue weighted by Gasteiger charge is -2.09. The van der Waals surface area contributed by atoms with Crippen LogP contribution in [0, 0.1) is 12.7 Å². The molecule has 8 nitrogen and oxygen atoms in total. The van der Waals surface area contributed by atoms with Gasteiger partial charge in [-0.15, -0.1) is 11.3 Å². The van der Waals surface area contributed by atoms with Crippen molar-refractivity contribution in [3.8, 4) is 33.1 Å². The van der Waals surface area contributed by atoms with Crippen molar-refractivity contribution in [2.24, 2.45) is 0 Å². The second-order valence-corrected chi connectivity index (χ2v) is 8.70. The molecule has 166 valence electrons. The van der Waals surface area contributed by atoms with E-state index in [9.17, 15) is 9.50 Å². The summed E-state index contributed by atoms with van der Waals surface area (Å²) in [4.78, 5) is 13.9. The van der Waals surface area contributed by atoms with Gasteiger partial charge in [-0.2, -0.15) is 4.98 Å². The molecule has 0 amide bonds. The van der Waals surface area contributed by atoms with E-state index in [2.05, 4.69) is 45.9 Å². The van der Waals surface area contributed by atoms with E-state index >= 15 is 0 Å². The number of rotatable bonds is 8. The van der Waals surface area contributed by atoms with Crippen molar-refractivity contribution < 1.29 is 18.8 Å². The highest BCUT2D eigenvalue weighted by atomic mass is 79.9. The molecular weight excluding hydrogens is 501 g/mol. The zero-order chi connectivity index (χ0) is 22.7. The van der Waals surface area contributed by atoms with Gasteiger partial charge in [0, 0.05) is 23.2 Å². The highest BCUT2D eigenvalue weighted by Crippen LogP contribution is 2.41. The zero-order valence-electron chi connectivity index (χ0n) is 17.2. The molecule has 32 heavy (non-hydrogen) atoms. The van der Waals surface area contributed by atoms with E-state index in [1.54, 1.807) is 0 Å². The third-order valence-electron chi connectivity index (χ3n) is 4.56. The van der Waals surface area contributed by atoms with E-state index < -0.39 is 6.08 Å². The summed E-state index contributed by atoms with van der Waals surface area (Å²) < 4.78 is 25.3. The predicted octanol–water partition coefficient (Wildman–Crippen LogP) is 5.22. The molecule has 3 aromatic heterocycles. The fraction of sp³-hybridized carbons (Fsp3) is 0.238. The molecule has 0 unspecified atom stereocenters. The van der Waals surface area contributed by atoms with E-state index in [0.29, 0.717) is 47.3 Å². The quantitative estimate of drug-likeness (QED) is 0.326. The topological polar surface area (TPSA) is 106 Å². The third kappa shape index (κ3) is 4.89. The van der Waals surface area contributed by atoms with E-state index in [4.69, 9.17) is 4.74 Å². The van der Waals surface area contributed by atoms with Crippen LogP contribution in [0.4, 0.5) is 10.2 Å². The minimum Gasteiger partial charge on any atom is -0.492 e. The van der Waals surface area contributed by atoms with Crippen molar-refractivity contribution in [2.75, 3.05) is 18.5 Å². The molecule has 11 heteroatoms. The van der Waals surface area contributed by atoms with Crippen molar-refractivity contribution in [1.29, 1.82) is 0 Å². The van der Waals surface area contributed by atoms with Gasteiger partial charge in [-0.05, 0) is 37.5 Å². The number of halogens is 2. The van der Waals surface area contributed by atoms with Gasteiger partial charge in [0.25, 0.3) is 0 Å². The Kier molecular flexibility index (Phi) is 6.66. The smallest absolute Gasteiger partial charge is 0.415 e. The molecule has 0 aliphatic carbocycles. The normalized spacial score (nSPS) is 11.0. The Bertz CT molecular complexity index is 1250. The first-order valence-electron chi connectivity index (χ1n) is 9.75. The summed E-state index contributed by atoms with van der Waals surface area (Å²) in [5.41, 5.74) is 2.30. The van der Waals surface area contributed by atoms with Gasteiger partial charge in [-0.1, -0.05) is 27.2 Å². The molecule has 0 spiro atoms. The summed E-state index contributed by atoms with van der Waals surface area (Å²) >= 11 is 4.70. The molecule has 0 fully saturated rings. The Labute approximate surface area is 195 Å². The minimum absolute atomic E-state index is 0.237. The van der Waals surface area contributed by atoms with Crippen molar-refractivity contribution in [1.82, 2.24) is 20.1 Å². The van der Waals surface area contributed by atoms with Crippen LogP contribution in [0.1, 0.15) is 18.1 Å². The van der Waals surface area contributed by atoms with Crippen molar-refractivity contribution in [2.45, 2.75) is 20.3 Å². The van der Waals surface area contributed by atoms with Crippen molar-refractivity contribution in [3.63, 3.8) is 0 Å². The monoisotopic (exact) mass is 519 g/mol. The maximum absolute atomic E-state index is 14.2. The van der Waals surface area contributed by atoms with Crippen LogP contribution in [0.3, 0.4) is 0 Å². The number of aryl methyl sites for hydroxylation is 1. The highest BCUT2D eigenvalue weighted by Gasteiger charge is 2.19. The van der Waals surface area contributed by atoms with Crippen LogP contribution in [0.25, 0.3) is 21.3 Å². The number of nitrogens with zero attached hydrogens (tertiary/aromatic N) is 4. The number of ether oxygens (including phenoxy) is 1. The van der Waals surface area contributed by atoms with Gasteiger partial charge in [0.15, 0.2) is 0 Å². The highest BCUT2D eigenvalue weighted by molar-refractivity contribution is 9.10. The zero-order valence-corrected chi connectivity index (χ0v) is 19.6. The molecule has 0 aliphatic rings. The lowest BCUT2D eigenvalue weighted by atomic mass is 10.1. The summed E-state index contributed by atoms with van der Waals surface area (Å²) in [6.45, 7) is 4.77. The second kappa shape index (κ2) is 9.61. The molecule has 0 bridgehead atoms. The molecule has 0 saturated heterocycles. The number of benzene rings is 1. The van der Waals surface area contributed by atoms with Crippen LogP contribution in [0.2, 0.25) is 0 Å². The standard InChI is InChI=1S/C21H19BrFN5O3S/c1-3-30-16-9-17(32-19(16)20-27-21(29)31-28-20)15-8-18(26-10-25-15)24-5-4-12-6-11(2)13(22)7-14(12)23/h6-10H,3-5H2,1-2H3,(H,24,25,26)(H,27,28,29). The van der Waals surface area contributed by atoms with E-state index in [1.165, 1.54) is 23.7 Å². The Balaban J connectivity index is 1.51. The molecule has 3 heterocycles. The van der Waals surface area contributed by atoms with Gasteiger partial charge < -0.3 is 15.2 Å². The van der Waals surface area contributed by atoms with Crippen LogP contribution in [-0.2, 0) is 6.42 Å². The summed E-state index contributed by atoms with van der Waals surface area (Å²) in [6, 6.07) is 6.97. The molecule has 0 radical (unpaired) electrons. The Morgan fingerprint density at radius 2 is 2.09 bits per heavy atom. The van der Waals surface area contributed by atoms with Crippen LogP contribution in [-0.4, -0.2) is 38.4 Å². The minimum atomic E-state index is -0.511. The fourth-order valence-electron chi connectivity index (χ4n) is 3.05. The molecule has 4 rings (SSSR count). The first-order chi connectivity index (χ1) is 15.4. The molecule has 0 saturated carbocycles. The Hall–Kier alpha value is -3.05. The molecule has 1 aromatic carbocycles. The number of thiophene rings is 1. The van der Waals surface area contributed by atoms with E-state index in [0.717, 1.165) is 14.9 Å². The summed E-state index contributed by atoms with van der Waals surface area (Å²) in [5.74, 6) is 1.19. The van der Waals surface area contributed by atoms with Crippen molar-refractivity contribution in [3.05, 3.63) is 52.0 Å². The largest absolute Gasteiger partial charge is 0.492 e. The number of hydrogen-bond donors (Lipinski definition) is 2. The van der Waals surface area contributed by atoms with Crippen LogP contribution in [0.15, 0.2) is 39.6 Å². The summed E-state index contributed by atoms with van der Waals surface area (Å²) in [7, 11) is 0. The molecule has 4 aromatic rings. The van der Waals surface area contributed by atoms with Gasteiger partial charge in [0.1, 0.15) is 28.6 Å². The lowest BCUT2D eigenvalue weighted by molar-refractivity contribution is 0.267. The number of nitrogens with one attached hydrogen (secondary N) is 1. The fourth-order valence-corrected chi connectivity index (χ4v) is 4.36. The third-order valence-corrected chi connectivity index (χ3v) is 6.55. The molecule has 0 aliphatic heterocycles. The van der Waals surface area contributed by atoms with E-state index in [1.807, 2.05) is 32.0 Å². The van der Waals surface area contributed by atoms with Gasteiger partial charge in [0.05, 0.1) is 17.2 Å². The number of aromatic hydroxyl groups is 1. The molecule has 2 N–H and O–H groups in total. The molecular formula is C21H19BrFN5O3S. The molecule has 0 atom stereocenters. The number of aromatic nitrogens is 4. The maximum Gasteiger partial charge on any atom is 0.415 e. The Morgan fingerprint density at radius 1 is 1.25 bits per heavy atom. The average Bonchev–Trinajstić information content (AvgIpc) is 3.38. The number of anilines is 1. The SMILES string of the molecule is CCOc1cc(-c2cc(NCCc3cc(C)c(Br)cc3F)ncn2)sc1-c1noc(O)n1. The second-order valence-electron chi connectivity index (χ2n) is 6.80. The van der Waals surface area contributed by atoms with E-state index in [-0.39, 0.29) is 11.6 Å². The van der Waals surface area contributed by atoms with Gasteiger partial charge in [0.2, 0.25) is 5.82 Å². The van der Waals surface area contributed by atoms with Crippen molar-refractivity contribution >= 4 is 33.1 Å². The van der Waals surface area contributed by atoms with Gasteiger partial charge in [-0.25, -0.2) is 14.4 Å². The summed E-state index contributed by atoms with van der Waals surface area (Å²) in [5, 5.41) is 16.3. The maximum atomic E-state index is 14.2. The Morgan fingerprint density at radius 3 is 2.84 bits per heavy atom. The van der Waals surface area contributed by atoms with Gasteiger partial charge >= 0.3 is 6.08 Å². The summed E-state index contributed by atoms with van der Waals surface area (Å²) in [6.07, 6.45) is 1.46. The first-order valence-corrected chi connectivity index (χ1v) is 11.4. The lowest BCUT2D eigenvalue weighted by Crippen LogP contribution is -2.08. The van der Waals surface area contributed by atoms with Crippen LogP contribution >= 0.6 is 27.3 Å². The van der Waals surface area contributed by atoms with Crippen LogP contribution < -0.4 is 10.1 Å². The number of hydrogen-bond acceptors (Lipinski definition) is 9. The first kappa shape index (κ1) is 22.2. The van der Waals surface area contributed by atoms with Crippen LogP contribution in [0.5, 0.6) is 11.8 Å². The average molecular weight is 520 g/mol.